The highest BCUT2D eigenvalue weighted by Crippen LogP contribution is 2.23. The Labute approximate surface area is 148 Å². The molecule has 1 fully saturated rings. The van der Waals surface area contributed by atoms with Gasteiger partial charge in [0.2, 0.25) is 0 Å². The smallest absolute Gasteiger partial charge is 0.134 e. The zero-order valence-electron chi connectivity index (χ0n) is 14.4. The van der Waals surface area contributed by atoms with Crippen molar-refractivity contribution in [3.8, 4) is 0 Å². The fraction of sp³-hybridized carbons (Fsp3) is 0.364. The predicted molar refractivity (Wildman–Crippen MR) is 101 cm³/mol. The van der Waals surface area contributed by atoms with Gasteiger partial charge in [-0.15, -0.1) is 0 Å². The van der Waals surface area contributed by atoms with Gasteiger partial charge in [-0.25, -0.2) is 0 Å². The van der Waals surface area contributed by atoms with E-state index in [-0.39, 0.29) is 6.10 Å². The molecule has 1 aliphatic rings. The van der Waals surface area contributed by atoms with E-state index >= 15 is 0 Å². The van der Waals surface area contributed by atoms with E-state index in [1.165, 1.54) is 16.5 Å². The van der Waals surface area contributed by atoms with Crippen molar-refractivity contribution >= 4 is 11.0 Å². The van der Waals surface area contributed by atoms with E-state index in [4.69, 9.17) is 4.42 Å². The van der Waals surface area contributed by atoms with E-state index < -0.39 is 0 Å². The van der Waals surface area contributed by atoms with E-state index in [1.807, 2.05) is 6.07 Å². The van der Waals surface area contributed by atoms with Crippen molar-refractivity contribution in [3.05, 3.63) is 71.5 Å². The van der Waals surface area contributed by atoms with Gasteiger partial charge in [-0.1, -0.05) is 42.5 Å². The highest BCUT2D eigenvalue weighted by Gasteiger charge is 2.21. The van der Waals surface area contributed by atoms with Crippen LogP contribution in [0.5, 0.6) is 0 Å². The van der Waals surface area contributed by atoms with Crippen molar-refractivity contribution in [2.75, 3.05) is 0 Å². The second kappa shape index (κ2) is 7.42. The average molecular weight is 335 g/mol. The van der Waals surface area contributed by atoms with Crippen LogP contribution in [-0.2, 0) is 19.4 Å². The van der Waals surface area contributed by atoms with Crippen molar-refractivity contribution in [2.45, 2.75) is 50.8 Å². The molecule has 2 atom stereocenters. The molecule has 1 saturated carbocycles. The number of benzene rings is 2. The number of nitrogens with one attached hydrogen (secondary N) is 1. The van der Waals surface area contributed by atoms with E-state index in [1.54, 1.807) is 0 Å². The van der Waals surface area contributed by atoms with E-state index in [9.17, 15) is 5.11 Å². The topological polar surface area (TPSA) is 45.4 Å². The molecule has 0 radical (unpaired) electrons. The third-order valence-electron chi connectivity index (χ3n) is 5.14. The summed E-state index contributed by atoms with van der Waals surface area (Å²) in [5.74, 6) is 1.04. The SMILES string of the molecule is OC1CCC(NCc2ccc3cc(CCc4ccccc4)oc3c2)C1. The molecule has 0 aliphatic heterocycles. The van der Waals surface area contributed by atoms with E-state index in [0.29, 0.717) is 6.04 Å². The summed E-state index contributed by atoms with van der Waals surface area (Å²) < 4.78 is 6.05. The summed E-state index contributed by atoms with van der Waals surface area (Å²) in [7, 11) is 0. The van der Waals surface area contributed by atoms with Crippen LogP contribution in [0.25, 0.3) is 11.0 Å². The number of fused-ring (bicyclic) bond motifs is 1. The lowest BCUT2D eigenvalue weighted by Crippen LogP contribution is -2.26. The summed E-state index contributed by atoms with van der Waals surface area (Å²) in [5.41, 5.74) is 3.54. The van der Waals surface area contributed by atoms with Gasteiger partial charge in [0.1, 0.15) is 11.3 Å². The molecular formula is C22H25NO2. The number of hydrogen-bond donors (Lipinski definition) is 2. The molecule has 1 aromatic heterocycles. The fourth-order valence-electron chi connectivity index (χ4n) is 3.68. The molecule has 1 heterocycles. The van der Waals surface area contributed by atoms with Gasteiger partial charge in [-0.3, -0.25) is 0 Å². The lowest BCUT2D eigenvalue weighted by molar-refractivity contribution is 0.179. The maximum absolute atomic E-state index is 9.62. The largest absolute Gasteiger partial charge is 0.461 e. The van der Waals surface area contributed by atoms with Crippen molar-refractivity contribution in [3.63, 3.8) is 0 Å². The summed E-state index contributed by atoms with van der Waals surface area (Å²) in [6.45, 7) is 0.827. The Bertz CT molecular complexity index is 824. The van der Waals surface area contributed by atoms with Crippen molar-refractivity contribution < 1.29 is 9.52 Å². The van der Waals surface area contributed by atoms with Crippen LogP contribution in [0, 0.1) is 0 Å². The lowest BCUT2D eigenvalue weighted by atomic mass is 10.1. The van der Waals surface area contributed by atoms with Crippen molar-refractivity contribution in [2.24, 2.45) is 0 Å². The Morgan fingerprint density at radius 3 is 2.64 bits per heavy atom. The summed E-state index contributed by atoms with van der Waals surface area (Å²) in [5, 5.41) is 14.3. The molecule has 2 unspecified atom stereocenters. The average Bonchev–Trinajstić information content (AvgIpc) is 3.24. The second-order valence-electron chi connectivity index (χ2n) is 7.12. The molecule has 3 aromatic rings. The summed E-state index contributed by atoms with van der Waals surface area (Å²) in [6, 6.07) is 19.6. The molecule has 130 valence electrons. The normalized spacial score (nSPS) is 20.4. The first kappa shape index (κ1) is 16.4. The minimum Gasteiger partial charge on any atom is -0.461 e. The van der Waals surface area contributed by atoms with E-state index in [2.05, 4.69) is 53.8 Å². The molecular weight excluding hydrogens is 310 g/mol. The van der Waals surface area contributed by atoms with Crippen LogP contribution < -0.4 is 5.32 Å². The van der Waals surface area contributed by atoms with Crippen LogP contribution in [0.15, 0.2) is 59.0 Å². The molecule has 4 rings (SSSR count). The van der Waals surface area contributed by atoms with Gasteiger partial charge in [-0.05, 0) is 48.9 Å². The molecule has 2 N–H and O–H groups in total. The van der Waals surface area contributed by atoms with E-state index in [0.717, 1.165) is 50.0 Å². The van der Waals surface area contributed by atoms with Crippen LogP contribution in [-0.4, -0.2) is 17.3 Å². The van der Waals surface area contributed by atoms with Crippen molar-refractivity contribution in [1.29, 1.82) is 0 Å². The zero-order chi connectivity index (χ0) is 17.1. The third kappa shape index (κ3) is 4.12. The summed E-state index contributed by atoms with van der Waals surface area (Å²) in [4.78, 5) is 0. The molecule has 2 aromatic carbocycles. The van der Waals surface area contributed by atoms with Crippen molar-refractivity contribution in [1.82, 2.24) is 5.32 Å². The van der Waals surface area contributed by atoms with Gasteiger partial charge in [0.05, 0.1) is 6.10 Å². The first-order valence-corrected chi connectivity index (χ1v) is 9.23. The van der Waals surface area contributed by atoms with Gasteiger partial charge in [0.25, 0.3) is 0 Å². The third-order valence-corrected chi connectivity index (χ3v) is 5.14. The maximum Gasteiger partial charge on any atom is 0.134 e. The zero-order valence-corrected chi connectivity index (χ0v) is 14.4. The number of aliphatic hydroxyl groups is 1. The van der Waals surface area contributed by atoms with Gasteiger partial charge in [0.15, 0.2) is 0 Å². The molecule has 1 aliphatic carbocycles. The minimum atomic E-state index is -0.128. The van der Waals surface area contributed by atoms with Crippen LogP contribution in [0.2, 0.25) is 0 Å². The number of rotatable bonds is 6. The van der Waals surface area contributed by atoms with Crippen LogP contribution in [0.1, 0.15) is 36.1 Å². The monoisotopic (exact) mass is 335 g/mol. The van der Waals surface area contributed by atoms with Gasteiger partial charge >= 0.3 is 0 Å². The lowest BCUT2D eigenvalue weighted by Gasteiger charge is -2.11. The number of aryl methyl sites for hydroxylation is 2. The Balaban J connectivity index is 1.39. The second-order valence-corrected chi connectivity index (χ2v) is 7.12. The van der Waals surface area contributed by atoms with Gasteiger partial charge in [-0.2, -0.15) is 0 Å². The number of aliphatic hydroxyl groups excluding tert-OH is 1. The quantitative estimate of drug-likeness (QED) is 0.709. The number of furan rings is 1. The molecule has 0 amide bonds. The predicted octanol–water partition coefficient (Wildman–Crippen LogP) is 4.22. The number of hydrogen-bond acceptors (Lipinski definition) is 3. The Hall–Kier alpha value is -2.10. The Morgan fingerprint density at radius 1 is 0.960 bits per heavy atom. The highest BCUT2D eigenvalue weighted by atomic mass is 16.3. The molecule has 0 saturated heterocycles. The van der Waals surface area contributed by atoms with Crippen LogP contribution >= 0.6 is 0 Å². The highest BCUT2D eigenvalue weighted by molar-refractivity contribution is 5.78. The molecule has 3 nitrogen and oxygen atoms in total. The van der Waals surface area contributed by atoms with Crippen LogP contribution in [0.4, 0.5) is 0 Å². The molecule has 0 spiro atoms. The van der Waals surface area contributed by atoms with Gasteiger partial charge < -0.3 is 14.8 Å². The molecule has 0 bridgehead atoms. The van der Waals surface area contributed by atoms with Gasteiger partial charge in [0, 0.05) is 24.4 Å². The Morgan fingerprint density at radius 2 is 1.84 bits per heavy atom. The summed E-state index contributed by atoms with van der Waals surface area (Å²) >= 11 is 0. The first-order chi connectivity index (χ1) is 12.3. The summed E-state index contributed by atoms with van der Waals surface area (Å²) in [6.07, 6.45) is 4.64. The minimum absolute atomic E-state index is 0.128. The first-order valence-electron chi connectivity index (χ1n) is 9.23. The fourth-order valence-corrected chi connectivity index (χ4v) is 3.68. The van der Waals surface area contributed by atoms with Crippen LogP contribution in [0.3, 0.4) is 0 Å². The standard InChI is InChI=1S/C22H25NO2/c24-20-10-9-19(14-20)23-15-17-6-8-18-13-21(25-22(18)12-17)11-7-16-4-2-1-3-5-16/h1-6,8,12-13,19-20,23-24H,7,9-11,14-15H2. The molecule has 3 heteroatoms. The maximum atomic E-state index is 9.62. The molecule has 25 heavy (non-hydrogen) atoms. The Kier molecular flexibility index (Phi) is 4.86.